The van der Waals surface area contributed by atoms with Crippen molar-refractivity contribution in [2.24, 2.45) is 5.10 Å². The number of amides is 1. The molecular weight excluding hydrogens is 324 g/mol. The Bertz CT molecular complexity index is 737. The molecule has 1 saturated heterocycles. The van der Waals surface area contributed by atoms with Gasteiger partial charge in [-0.3, -0.25) is 9.69 Å². The van der Waals surface area contributed by atoms with Crippen molar-refractivity contribution in [2.75, 3.05) is 37.6 Å². The molecule has 1 amide bonds. The fourth-order valence-electron chi connectivity index (χ4n) is 3.11. The fraction of sp³-hybridized carbons (Fsp3) is 0.333. The molecular formula is C21H26N4O. The van der Waals surface area contributed by atoms with Crippen LogP contribution in [0.4, 0.5) is 5.69 Å². The predicted octanol–water partition coefficient (Wildman–Crippen LogP) is 2.66. The molecule has 2 aromatic rings. The number of piperazine rings is 1. The number of nitrogens with one attached hydrogen (secondary N) is 1. The monoisotopic (exact) mass is 350 g/mol. The minimum absolute atomic E-state index is 0.0422. The average Bonchev–Trinajstić information content (AvgIpc) is 2.68. The molecule has 0 unspecified atom stereocenters. The quantitative estimate of drug-likeness (QED) is 0.644. The minimum Gasteiger partial charge on any atom is -0.369 e. The van der Waals surface area contributed by atoms with Gasteiger partial charge in [0.05, 0.1) is 6.21 Å². The maximum absolute atomic E-state index is 12.0. The number of hydrogen-bond acceptors (Lipinski definition) is 4. The van der Waals surface area contributed by atoms with Crippen molar-refractivity contribution >= 4 is 17.8 Å². The van der Waals surface area contributed by atoms with E-state index in [0.717, 1.165) is 38.3 Å². The highest BCUT2D eigenvalue weighted by Crippen LogP contribution is 2.15. The summed E-state index contributed by atoms with van der Waals surface area (Å²) in [6.07, 6.45) is 2.15. The smallest absolute Gasteiger partial charge is 0.241 e. The number of carbonyl (C=O) groups excluding carboxylic acids is 1. The molecule has 1 aliphatic rings. The molecule has 0 spiro atoms. The fourth-order valence-corrected chi connectivity index (χ4v) is 3.11. The van der Waals surface area contributed by atoms with Gasteiger partial charge in [0.15, 0.2) is 0 Å². The summed E-state index contributed by atoms with van der Waals surface area (Å²) in [6, 6.07) is 18.5. The molecule has 1 aliphatic heterocycles. The van der Waals surface area contributed by atoms with Gasteiger partial charge in [-0.15, -0.1) is 0 Å². The third kappa shape index (κ3) is 5.43. The molecule has 0 aliphatic carbocycles. The summed E-state index contributed by atoms with van der Waals surface area (Å²) in [4.78, 5) is 16.7. The molecule has 1 fully saturated rings. The molecule has 5 nitrogen and oxygen atoms in total. The van der Waals surface area contributed by atoms with Gasteiger partial charge in [-0.25, -0.2) is 5.43 Å². The Morgan fingerprint density at radius 2 is 1.85 bits per heavy atom. The van der Waals surface area contributed by atoms with Crippen LogP contribution in [0.5, 0.6) is 0 Å². The summed E-state index contributed by atoms with van der Waals surface area (Å²) in [5, 5.41) is 4.05. The zero-order valence-electron chi connectivity index (χ0n) is 15.3. The number of anilines is 1. The SMILES string of the molecule is Cc1cccc(C=NNC(=O)CCN2CCN(c3ccccc3)CC2)c1. The van der Waals surface area contributed by atoms with Crippen LogP contribution < -0.4 is 10.3 Å². The lowest BCUT2D eigenvalue weighted by Gasteiger charge is -2.36. The Kier molecular flexibility index (Phi) is 6.39. The van der Waals surface area contributed by atoms with Crippen LogP contribution in [0.15, 0.2) is 59.7 Å². The number of carbonyl (C=O) groups is 1. The van der Waals surface area contributed by atoms with E-state index in [1.807, 2.05) is 37.3 Å². The molecule has 0 radical (unpaired) electrons. The number of nitrogens with zero attached hydrogens (tertiary/aromatic N) is 3. The summed E-state index contributed by atoms with van der Waals surface area (Å²) in [5.74, 6) is -0.0422. The Morgan fingerprint density at radius 1 is 1.08 bits per heavy atom. The van der Waals surface area contributed by atoms with Gasteiger partial charge in [0.1, 0.15) is 0 Å². The van der Waals surface area contributed by atoms with Crippen molar-refractivity contribution < 1.29 is 4.79 Å². The molecule has 1 N–H and O–H groups in total. The molecule has 1 heterocycles. The Hall–Kier alpha value is -2.66. The molecule has 5 heteroatoms. The number of hydrogen-bond donors (Lipinski definition) is 1. The largest absolute Gasteiger partial charge is 0.369 e. The van der Waals surface area contributed by atoms with Gasteiger partial charge in [-0.2, -0.15) is 5.10 Å². The van der Waals surface area contributed by atoms with E-state index in [1.54, 1.807) is 6.21 Å². The van der Waals surface area contributed by atoms with Crippen molar-refractivity contribution in [2.45, 2.75) is 13.3 Å². The zero-order chi connectivity index (χ0) is 18.2. The van der Waals surface area contributed by atoms with Crippen molar-refractivity contribution in [1.82, 2.24) is 10.3 Å². The molecule has 3 rings (SSSR count). The molecule has 2 aromatic carbocycles. The second-order valence-electron chi connectivity index (χ2n) is 6.62. The van der Waals surface area contributed by atoms with Crippen LogP contribution in [-0.2, 0) is 4.79 Å². The van der Waals surface area contributed by atoms with Crippen LogP contribution in [0.2, 0.25) is 0 Å². The van der Waals surface area contributed by atoms with Gasteiger partial charge in [0.25, 0.3) is 0 Å². The number of para-hydroxylation sites is 1. The van der Waals surface area contributed by atoms with E-state index in [-0.39, 0.29) is 5.91 Å². The number of rotatable bonds is 6. The van der Waals surface area contributed by atoms with Crippen LogP contribution in [-0.4, -0.2) is 49.7 Å². The minimum atomic E-state index is -0.0422. The average molecular weight is 350 g/mol. The maximum Gasteiger partial charge on any atom is 0.241 e. The van der Waals surface area contributed by atoms with Crippen molar-refractivity contribution in [1.29, 1.82) is 0 Å². The highest BCUT2D eigenvalue weighted by Gasteiger charge is 2.17. The maximum atomic E-state index is 12.0. The topological polar surface area (TPSA) is 47.9 Å². The second kappa shape index (κ2) is 9.15. The van der Waals surface area contributed by atoms with E-state index >= 15 is 0 Å². The molecule has 0 atom stereocenters. The van der Waals surface area contributed by atoms with Gasteiger partial charge in [0.2, 0.25) is 5.91 Å². The third-order valence-corrected chi connectivity index (χ3v) is 4.59. The first kappa shape index (κ1) is 18.1. The number of benzene rings is 2. The van der Waals surface area contributed by atoms with Gasteiger partial charge in [-0.05, 0) is 24.6 Å². The van der Waals surface area contributed by atoms with Crippen molar-refractivity contribution in [3.05, 3.63) is 65.7 Å². The van der Waals surface area contributed by atoms with E-state index in [2.05, 4.69) is 44.6 Å². The van der Waals surface area contributed by atoms with Gasteiger partial charge in [0, 0.05) is 44.8 Å². The number of aryl methyl sites for hydroxylation is 1. The molecule has 26 heavy (non-hydrogen) atoms. The molecule has 0 saturated carbocycles. The van der Waals surface area contributed by atoms with Crippen molar-refractivity contribution in [3.63, 3.8) is 0 Å². The Balaban J connectivity index is 1.36. The highest BCUT2D eigenvalue weighted by molar-refractivity contribution is 5.82. The second-order valence-corrected chi connectivity index (χ2v) is 6.62. The summed E-state index contributed by atoms with van der Waals surface area (Å²) in [6.45, 7) is 6.76. The van der Waals surface area contributed by atoms with Crippen LogP contribution in [0.25, 0.3) is 0 Å². The van der Waals surface area contributed by atoms with Crippen LogP contribution in [0, 0.1) is 6.92 Å². The standard InChI is InChI=1S/C21H26N4O/c1-18-6-5-7-19(16-18)17-22-23-21(26)10-11-24-12-14-25(15-13-24)20-8-3-2-4-9-20/h2-9,16-17H,10-15H2,1H3,(H,23,26). The van der Waals surface area contributed by atoms with Gasteiger partial charge in [-0.1, -0.05) is 48.0 Å². The molecule has 0 bridgehead atoms. The van der Waals surface area contributed by atoms with Crippen molar-refractivity contribution in [3.8, 4) is 0 Å². The molecule has 136 valence electrons. The van der Waals surface area contributed by atoms with E-state index in [9.17, 15) is 4.79 Å². The first-order valence-corrected chi connectivity index (χ1v) is 9.11. The van der Waals surface area contributed by atoms with Gasteiger partial charge < -0.3 is 4.90 Å². The lowest BCUT2D eigenvalue weighted by atomic mass is 10.2. The normalized spacial score (nSPS) is 15.3. The first-order chi connectivity index (χ1) is 12.7. The van der Waals surface area contributed by atoms with E-state index < -0.39 is 0 Å². The Morgan fingerprint density at radius 3 is 2.58 bits per heavy atom. The first-order valence-electron chi connectivity index (χ1n) is 9.11. The zero-order valence-corrected chi connectivity index (χ0v) is 15.3. The third-order valence-electron chi connectivity index (χ3n) is 4.59. The lowest BCUT2D eigenvalue weighted by Crippen LogP contribution is -2.47. The summed E-state index contributed by atoms with van der Waals surface area (Å²) < 4.78 is 0. The summed E-state index contributed by atoms with van der Waals surface area (Å²) >= 11 is 0. The molecule has 0 aromatic heterocycles. The highest BCUT2D eigenvalue weighted by atomic mass is 16.2. The van der Waals surface area contributed by atoms with Crippen LogP contribution in [0.3, 0.4) is 0 Å². The lowest BCUT2D eigenvalue weighted by molar-refractivity contribution is -0.121. The van der Waals surface area contributed by atoms with E-state index in [1.165, 1.54) is 11.3 Å². The van der Waals surface area contributed by atoms with E-state index in [4.69, 9.17) is 0 Å². The Labute approximate surface area is 155 Å². The summed E-state index contributed by atoms with van der Waals surface area (Å²) in [5.41, 5.74) is 6.06. The van der Waals surface area contributed by atoms with Crippen LogP contribution in [0.1, 0.15) is 17.5 Å². The predicted molar refractivity (Wildman–Crippen MR) is 107 cm³/mol. The summed E-state index contributed by atoms with van der Waals surface area (Å²) in [7, 11) is 0. The number of hydrazone groups is 1. The van der Waals surface area contributed by atoms with E-state index in [0.29, 0.717) is 6.42 Å². The van der Waals surface area contributed by atoms with Gasteiger partial charge >= 0.3 is 0 Å². The van der Waals surface area contributed by atoms with Crippen LogP contribution >= 0.6 is 0 Å².